The predicted molar refractivity (Wildman–Crippen MR) is 72.6 cm³/mol. The fraction of sp³-hybridized carbons (Fsp3) is 0.214. The molecule has 0 unspecified atom stereocenters. The van der Waals surface area contributed by atoms with Gasteiger partial charge in [0.05, 0.1) is 0 Å². The number of carbonyl (C=O) groups is 1. The van der Waals surface area contributed by atoms with E-state index < -0.39 is 0 Å². The Balaban J connectivity index is 2.48. The van der Waals surface area contributed by atoms with Gasteiger partial charge in [-0.1, -0.05) is 17.7 Å². The van der Waals surface area contributed by atoms with Crippen molar-refractivity contribution in [2.45, 2.75) is 20.8 Å². The van der Waals surface area contributed by atoms with E-state index in [1.165, 1.54) is 6.33 Å². The number of ether oxygens (including phenoxy) is 1. The highest BCUT2D eigenvalue weighted by Gasteiger charge is 2.13. The molecule has 0 spiro atoms. The fourth-order valence-electron chi connectivity index (χ4n) is 2.01. The molecule has 98 valence electrons. The van der Waals surface area contributed by atoms with Crippen LogP contribution in [0.4, 0.5) is 5.82 Å². The van der Waals surface area contributed by atoms with E-state index in [2.05, 4.69) is 9.97 Å². The average molecular weight is 257 g/mol. The van der Waals surface area contributed by atoms with E-state index in [1.807, 2.05) is 32.9 Å². The molecule has 0 atom stereocenters. The summed E-state index contributed by atoms with van der Waals surface area (Å²) in [4.78, 5) is 18.8. The van der Waals surface area contributed by atoms with E-state index >= 15 is 0 Å². The third-order valence-electron chi connectivity index (χ3n) is 2.80. The van der Waals surface area contributed by atoms with Crippen LogP contribution < -0.4 is 10.5 Å². The second-order valence-electron chi connectivity index (χ2n) is 4.43. The van der Waals surface area contributed by atoms with Crippen molar-refractivity contribution in [3.63, 3.8) is 0 Å². The standard InChI is InChI=1S/C14H15N3O2/c1-8-4-9(2)12(10(3)5-8)19-14-11(6-18)13(15)16-7-17-14/h4-7H,1-3H3,(H2,15,16,17). The Morgan fingerprint density at radius 3 is 2.37 bits per heavy atom. The number of nitrogens with two attached hydrogens (primary N) is 1. The maximum Gasteiger partial charge on any atom is 0.235 e. The Bertz CT molecular complexity index is 616. The molecule has 0 saturated heterocycles. The van der Waals surface area contributed by atoms with Gasteiger partial charge in [-0.15, -0.1) is 0 Å². The van der Waals surface area contributed by atoms with Gasteiger partial charge in [-0.05, 0) is 31.9 Å². The molecule has 0 aliphatic rings. The molecule has 5 heteroatoms. The van der Waals surface area contributed by atoms with Crippen molar-refractivity contribution in [3.8, 4) is 11.6 Å². The van der Waals surface area contributed by atoms with Crippen LogP contribution in [0, 0.1) is 20.8 Å². The van der Waals surface area contributed by atoms with Crippen LogP contribution in [0.5, 0.6) is 11.6 Å². The van der Waals surface area contributed by atoms with Crippen LogP contribution in [0.2, 0.25) is 0 Å². The Hall–Kier alpha value is -2.43. The SMILES string of the molecule is Cc1cc(C)c(Oc2ncnc(N)c2C=O)c(C)c1. The summed E-state index contributed by atoms with van der Waals surface area (Å²) < 4.78 is 5.74. The zero-order chi connectivity index (χ0) is 14.0. The predicted octanol–water partition coefficient (Wildman–Crippen LogP) is 2.59. The van der Waals surface area contributed by atoms with Crippen LogP contribution in [0.1, 0.15) is 27.0 Å². The molecular weight excluding hydrogens is 242 g/mol. The number of carbonyl (C=O) groups excluding carboxylic acids is 1. The molecule has 0 bridgehead atoms. The number of aryl methyl sites for hydroxylation is 3. The smallest absolute Gasteiger partial charge is 0.235 e. The van der Waals surface area contributed by atoms with Gasteiger partial charge in [0.25, 0.3) is 0 Å². The number of aromatic nitrogens is 2. The Labute approximate surface area is 111 Å². The van der Waals surface area contributed by atoms with Crippen molar-refractivity contribution >= 4 is 12.1 Å². The molecule has 19 heavy (non-hydrogen) atoms. The number of aldehydes is 1. The second-order valence-corrected chi connectivity index (χ2v) is 4.43. The molecule has 0 aliphatic carbocycles. The maximum atomic E-state index is 11.0. The maximum absolute atomic E-state index is 11.0. The Morgan fingerprint density at radius 2 is 1.79 bits per heavy atom. The van der Waals surface area contributed by atoms with Crippen molar-refractivity contribution in [2.24, 2.45) is 0 Å². The first-order chi connectivity index (χ1) is 9.02. The quantitative estimate of drug-likeness (QED) is 0.855. The lowest BCUT2D eigenvalue weighted by Gasteiger charge is -2.13. The van der Waals surface area contributed by atoms with Gasteiger partial charge in [-0.3, -0.25) is 4.79 Å². The van der Waals surface area contributed by atoms with Crippen molar-refractivity contribution < 1.29 is 9.53 Å². The van der Waals surface area contributed by atoms with Crippen molar-refractivity contribution in [1.82, 2.24) is 9.97 Å². The lowest BCUT2D eigenvalue weighted by molar-refractivity contribution is 0.112. The van der Waals surface area contributed by atoms with Gasteiger partial charge in [0, 0.05) is 0 Å². The van der Waals surface area contributed by atoms with E-state index in [9.17, 15) is 4.79 Å². The van der Waals surface area contributed by atoms with Gasteiger partial charge < -0.3 is 10.5 Å². The molecular formula is C14H15N3O2. The number of hydrogen-bond donors (Lipinski definition) is 1. The molecule has 2 N–H and O–H groups in total. The van der Waals surface area contributed by atoms with Gasteiger partial charge in [0.15, 0.2) is 6.29 Å². The normalized spacial score (nSPS) is 10.3. The lowest BCUT2D eigenvalue weighted by Crippen LogP contribution is -2.03. The zero-order valence-electron chi connectivity index (χ0n) is 11.1. The van der Waals surface area contributed by atoms with Crippen LogP contribution in [-0.2, 0) is 0 Å². The second kappa shape index (κ2) is 5.06. The summed E-state index contributed by atoms with van der Waals surface area (Å²) in [6.45, 7) is 5.91. The van der Waals surface area contributed by atoms with Crippen LogP contribution in [0.25, 0.3) is 0 Å². The van der Waals surface area contributed by atoms with E-state index in [-0.39, 0.29) is 17.3 Å². The van der Waals surface area contributed by atoms with Gasteiger partial charge in [-0.25, -0.2) is 9.97 Å². The topological polar surface area (TPSA) is 78.1 Å². The van der Waals surface area contributed by atoms with Gasteiger partial charge in [0.2, 0.25) is 5.88 Å². The Kier molecular flexibility index (Phi) is 3.46. The highest BCUT2D eigenvalue weighted by atomic mass is 16.5. The average Bonchev–Trinajstić information content (AvgIpc) is 2.34. The summed E-state index contributed by atoms with van der Waals surface area (Å²) in [5.41, 5.74) is 8.90. The first-order valence-electron chi connectivity index (χ1n) is 5.84. The van der Waals surface area contributed by atoms with Crippen molar-refractivity contribution in [2.75, 3.05) is 5.73 Å². The van der Waals surface area contributed by atoms with Gasteiger partial charge in [0.1, 0.15) is 23.5 Å². The minimum atomic E-state index is 0.113. The minimum absolute atomic E-state index is 0.113. The Morgan fingerprint density at radius 1 is 1.16 bits per heavy atom. The van der Waals surface area contributed by atoms with E-state index in [1.54, 1.807) is 0 Å². The summed E-state index contributed by atoms with van der Waals surface area (Å²) in [6.07, 6.45) is 1.88. The summed E-state index contributed by atoms with van der Waals surface area (Å²) in [7, 11) is 0. The molecule has 2 aromatic rings. The molecule has 0 fully saturated rings. The molecule has 0 radical (unpaired) electrons. The minimum Gasteiger partial charge on any atom is -0.438 e. The fourth-order valence-corrected chi connectivity index (χ4v) is 2.01. The molecule has 5 nitrogen and oxygen atoms in total. The highest BCUT2D eigenvalue weighted by Crippen LogP contribution is 2.30. The van der Waals surface area contributed by atoms with Crippen LogP contribution in [-0.4, -0.2) is 16.3 Å². The summed E-state index contributed by atoms with van der Waals surface area (Å²) in [5, 5.41) is 0. The number of anilines is 1. The third kappa shape index (κ3) is 2.54. The molecule has 1 aromatic carbocycles. The number of rotatable bonds is 3. The molecule has 0 aliphatic heterocycles. The van der Waals surface area contributed by atoms with Crippen LogP contribution in [0.3, 0.4) is 0 Å². The van der Waals surface area contributed by atoms with Crippen molar-refractivity contribution in [3.05, 3.63) is 40.7 Å². The summed E-state index contributed by atoms with van der Waals surface area (Å²) in [6, 6.07) is 4.01. The first-order valence-corrected chi connectivity index (χ1v) is 5.84. The van der Waals surface area contributed by atoms with Crippen LogP contribution in [0.15, 0.2) is 18.5 Å². The molecule has 0 saturated carbocycles. The van der Waals surface area contributed by atoms with E-state index in [0.717, 1.165) is 16.7 Å². The summed E-state index contributed by atoms with van der Waals surface area (Å²) >= 11 is 0. The highest BCUT2D eigenvalue weighted by molar-refractivity contribution is 5.84. The van der Waals surface area contributed by atoms with E-state index in [4.69, 9.17) is 10.5 Å². The van der Waals surface area contributed by atoms with Gasteiger partial charge >= 0.3 is 0 Å². The number of nitrogens with zero attached hydrogens (tertiary/aromatic N) is 2. The zero-order valence-corrected chi connectivity index (χ0v) is 11.1. The molecule has 1 aromatic heterocycles. The third-order valence-corrected chi connectivity index (χ3v) is 2.80. The van der Waals surface area contributed by atoms with Crippen LogP contribution >= 0.6 is 0 Å². The van der Waals surface area contributed by atoms with Gasteiger partial charge in [-0.2, -0.15) is 0 Å². The molecule has 1 heterocycles. The lowest BCUT2D eigenvalue weighted by atomic mass is 10.1. The number of nitrogen functional groups attached to an aromatic ring is 1. The monoisotopic (exact) mass is 257 g/mol. The summed E-state index contributed by atoms with van der Waals surface area (Å²) in [5.74, 6) is 0.978. The first kappa shape index (κ1) is 13.0. The molecule has 2 rings (SSSR count). The van der Waals surface area contributed by atoms with Crippen molar-refractivity contribution in [1.29, 1.82) is 0 Å². The largest absolute Gasteiger partial charge is 0.438 e. The van der Waals surface area contributed by atoms with E-state index in [0.29, 0.717) is 12.0 Å². The number of hydrogen-bond acceptors (Lipinski definition) is 5. The molecule has 0 amide bonds. The number of benzene rings is 1.